The van der Waals surface area contributed by atoms with E-state index in [0.29, 0.717) is 0 Å². The van der Waals surface area contributed by atoms with Gasteiger partial charge in [-0.2, -0.15) is 0 Å². The highest BCUT2D eigenvalue weighted by atomic mass is 127. The van der Waals surface area contributed by atoms with Gasteiger partial charge >= 0.3 is 0 Å². The number of aromatic nitrogens is 1. The van der Waals surface area contributed by atoms with Crippen molar-refractivity contribution in [2.24, 2.45) is 10.9 Å². The van der Waals surface area contributed by atoms with E-state index in [1.807, 2.05) is 13.2 Å². The molecule has 1 atom stereocenters. The highest BCUT2D eigenvalue weighted by Gasteiger charge is 2.15. The van der Waals surface area contributed by atoms with Gasteiger partial charge < -0.3 is 15.5 Å². The van der Waals surface area contributed by atoms with Gasteiger partial charge in [0.25, 0.3) is 0 Å². The van der Waals surface area contributed by atoms with Crippen molar-refractivity contribution >= 4 is 41.3 Å². The van der Waals surface area contributed by atoms with Crippen LogP contribution in [0.1, 0.15) is 49.4 Å². The van der Waals surface area contributed by atoms with Crippen LogP contribution in [-0.2, 0) is 13.0 Å². The fourth-order valence-corrected chi connectivity index (χ4v) is 3.93. The van der Waals surface area contributed by atoms with E-state index in [4.69, 9.17) is 0 Å². The van der Waals surface area contributed by atoms with E-state index in [1.54, 1.807) is 11.3 Å². The highest BCUT2D eigenvalue weighted by molar-refractivity contribution is 14.0. The fraction of sp³-hybridized carbons (Fsp3) is 0.778. The van der Waals surface area contributed by atoms with Crippen LogP contribution >= 0.6 is 35.3 Å². The molecule has 0 amide bonds. The lowest BCUT2D eigenvalue weighted by Crippen LogP contribution is -2.38. The Labute approximate surface area is 174 Å². The van der Waals surface area contributed by atoms with Crippen molar-refractivity contribution in [1.29, 1.82) is 0 Å². The smallest absolute Gasteiger partial charge is 0.191 e. The van der Waals surface area contributed by atoms with Crippen LogP contribution < -0.4 is 10.6 Å². The van der Waals surface area contributed by atoms with Gasteiger partial charge in [-0.3, -0.25) is 4.99 Å². The molecule has 2 N–H and O–H groups in total. The SMILES string of the molecule is CCc1cnc(CNC(=NC)NCCCCN2CCCC(C)C2)s1.I. The fourth-order valence-electron chi connectivity index (χ4n) is 3.13. The molecule has 0 bridgehead atoms. The van der Waals surface area contributed by atoms with E-state index in [0.717, 1.165) is 36.4 Å². The Kier molecular flexibility index (Phi) is 11.6. The molecule has 1 aromatic rings. The molecular weight excluding hydrogens is 445 g/mol. The molecule has 7 heteroatoms. The summed E-state index contributed by atoms with van der Waals surface area (Å²) in [6.45, 7) is 10.1. The summed E-state index contributed by atoms with van der Waals surface area (Å²) >= 11 is 1.77. The van der Waals surface area contributed by atoms with Gasteiger partial charge in [0, 0.05) is 31.2 Å². The largest absolute Gasteiger partial charge is 0.356 e. The van der Waals surface area contributed by atoms with Gasteiger partial charge in [0.1, 0.15) is 5.01 Å². The summed E-state index contributed by atoms with van der Waals surface area (Å²) in [7, 11) is 1.82. The number of piperidine rings is 1. The number of likely N-dealkylation sites (tertiary alicyclic amines) is 1. The van der Waals surface area contributed by atoms with Crippen molar-refractivity contribution in [3.63, 3.8) is 0 Å². The average Bonchev–Trinajstić information content (AvgIpc) is 3.05. The first-order chi connectivity index (χ1) is 11.7. The Balaban J connectivity index is 0.00000312. The van der Waals surface area contributed by atoms with Gasteiger partial charge in [-0.15, -0.1) is 35.3 Å². The number of thiazole rings is 1. The van der Waals surface area contributed by atoms with Crippen molar-refractivity contribution in [2.45, 2.75) is 52.5 Å². The number of nitrogens with zero attached hydrogens (tertiary/aromatic N) is 3. The maximum Gasteiger partial charge on any atom is 0.191 e. The lowest BCUT2D eigenvalue weighted by Gasteiger charge is -2.30. The minimum atomic E-state index is 0. The van der Waals surface area contributed by atoms with Crippen molar-refractivity contribution < 1.29 is 0 Å². The zero-order valence-electron chi connectivity index (χ0n) is 15.9. The third-order valence-corrected chi connectivity index (χ3v) is 5.66. The maximum absolute atomic E-state index is 4.43. The molecular formula is C18H34IN5S. The van der Waals surface area contributed by atoms with Gasteiger partial charge in [-0.05, 0) is 51.1 Å². The summed E-state index contributed by atoms with van der Waals surface area (Å²) in [5.41, 5.74) is 0. The predicted molar refractivity (Wildman–Crippen MR) is 119 cm³/mol. The molecule has 1 fully saturated rings. The van der Waals surface area contributed by atoms with E-state index in [9.17, 15) is 0 Å². The standard InChI is InChI=1S/C18H33N5S.HI/c1-4-16-12-21-17(24-16)13-22-18(19-3)20-9-5-6-10-23-11-7-8-15(2)14-23;/h12,15H,4-11,13-14H2,1-3H3,(H2,19,20,22);1H. The van der Waals surface area contributed by atoms with Gasteiger partial charge in [-0.25, -0.2) is 4.98 Å². The molecule has 0 spiro atoms. The maximum atomic E-state index is 4.43. The van der Waals surface area contributed by atoms with Crippen LogP contribution in [0.15, 0.2) is 11.2 Å². The molecule has 1 unspecified atom stereocenters. The molecule has 25 heavy (non-hydrogen) atoms. The lowest BCUT2D eigenvalue weighted by atomic mass is 10.0. The minimum Gasteiger partial charge on any atom is -0.356 e. The van der Waals surface area contributed by atoms with Crippen molar-refractivity contribution in [3.05, 3.63) is 16.1 Å². The number of rotatable bonds is 8. The van der Waals surface area contributed by atoms with E-state index < -0.39 is 0 Å². The van der Waals surface area contributed by atoms with Gasteiger partial charge in [0.05, 0.1) is 6.54 Å². The number of hydrogen-bond donors (Lipinski definition) is 2. The summed E-state index contributed by atoms with van der Waals surface area (Å²) in [6, 6.07) is 0. The molecule has 144 valence electrons. The zero-order chi connectivity index (χ0) is 17.2. The van der Waals surface area contributed by atoms with Crippen LogP contribution in [0.5, 0.6) is 0 Å². The summed E-state index contributed by atoms with van der Waals surface area (Å²) in [6.07, 6.45) is 8.23. The van der Waals surface area contributed by atoms with Crippen LogP contribution in [-0.4, -0.2) is 49.1 Å². The quantitative estimate of drug-likeness (QED) is 0.260. The first-order valence-electron chi connectivity index (χ1n) is 9.31. The second kappa shape index (κ2) is 12.9. The number of nitrogens with one attached hydrogen (secondary N) is 2. The number of halogens is 1. The third kappa shape index (κ3) is 8.68. The Hall–Kier alpha value is -0.410. The second-order valence-corrected chi connectivity index (χ2v) is 7.88. The average molecular weight is 479 g/mol. The Morgan fingerprint density at radius 3 is 2.92 bits per heavy atom. The summed E-state index contributed by atoms with van der Waals surface area (Å²) < 4.78 is 0. The molecule has 1 saturated heterocycles. The van der Waals surface area contributed by atoms with E-state index in [-0.39, 0.29) is 24.0 Å². The monoisotopic (exact) mass is 479 g/mol. The molecule has 0 radical (unpaired) electrons. The molecule has 0 saturated carbocycles. The van der Waals surface area contributed by atoms with Crippen LogP contribution in [0, 0.1) is 5.92 Å². The van der Waals surface area contributed by atoms with Crippen LogP contribution in [0.3, 0.4) is 0 Å². The normalized spacial score (nSPS) is 18.7. The first-order valence-corrected chi connectivity index (χ1v) is 10.1. The van der Waals surface area contributed by atoms with Crippen molar-refractivity contribution in [1.82, 2.24) is 20.5 Å². The molecule has 1 aromatic heterocycles. The Bertz CT molecular complexity index is 505. The zero-order valence-corrected chi connectivity index (χ0v) is 19.0. The first kappa shape index (κ1) is 22.6. The molecule has 0 aliphatic carbocycles. The van der Waals surface area contributed by atoms with E-state index >= 15 is 0 Å². The Morgan fingerprint density at radius 2 is 2.24 bits per heavy atom. The molecule has 5 nitrogen and oxygen atoms in total. The highest BCUT2D eigenvalue weighted by Crippen LogP contribution is 2.15. The van der Waals surface area contributed by atoms with Crippen LogP contribution in [0.2, 0.25) is 0 Å². The van der Waals surface area contributed by atoms with Crippen molar-refractivity contribution in [3.8, 4) is 0 Å². The Morgan fingerprint density at radius 1 is 1.40 bits per heavy atom. The van der Waals surface area contributed by atoms with Gasteiger partial charge in [0.15, 0.2) is 5.96 Å². The molecule has 1 aliphatic rings. The van der Waals surface area contributed by atoms with Gasteiger partial charge in [-0.1, -0.05) is 13.8 Å². The number of guanidine groups is 1. The lowest BCUT2D eigenvalue weighted by molar-refractivity contribution is 0.181. The third-order valence-electron chi connectivity index (χ3n) is 4.52. The summed E-state index contributed by atoms with van der Waals surface area (Å²) in [5, 5.41) is 7.87. The number of aryl methyl sites for hydroxylation is 1. The van der Waals surface area contributed by atoms with Crippen LogP contribution in [0.4, 0.5) is 0 Å². The topological polar surface area (TPSA) is 52.6 Å². The van der Waals surface area contributed by atoms with Crippen molar-refractivity contribution in [2.75, 3.05) is 33.2 Å². The molecule has 1 aliphatic heterocycles. The number of aliphatic imine (C=N–C) groups is 1. The summed E-state index contributed by atoms with van der Waals surface area (Å²) in [5.74, 6) is 1.74. The van der Waals surface area contributed by atoms with Gasteiger partial charge in [0.2, 0.25) is 0 Å². The van der Waals surface area contributed by atoms with E-state index in [2.05, 4.69) is 39.4 Å². The summed E-state index contributed by atoms with van der Waals surface area (Å²) in [4.78, 5) is 12.7. The minimum absolute atomic E-state index is 0. The predicted octanol–water partition coefficient (Wildman–Crippen LogP) is 3.50. The van der Waals surface area contributed by atoms with E-state index in [1.165, 1.54) is 50.2 Å². The number of hydrogen-bond acceptors (Lipinski definition) is 4. The molecule has 2 rings (SSSR count). The molecule has 2 heterocycles. The molecule has 0 aromatic carbocycles. The number of unbranched alkanes of at least 4 members (excludes halogenated alkanes) is 1. The van der Waals surface area contributed by atoms with Crippen LogP contribution in [0.25, 0.3) is 0 Å². The second-order valence-electron chi connectivity index (χ2n) is 6.68.